The second-order valence-electron chi connectivity index (χ2n) is 5.10. The maximum Gasteiger partial charge on any atom is 0.147 e. The van der Waals surface area contributed by atoms with Crippen molar-refractivity contribution in [1.29, 1.82) is 0 Å². The van der Waals surface area contributed by atoms with E-state index in [2.05, 4.69) is 50.9 Å². The first kappa shape index (κ1) is 17.2. The zero-order valence-electron chi connectivity index (χ0n) is 11.3. The van der Waals surface area contributed by atoms with Gasteiger partial charge >= 0.3 is 0 Å². The Morgan fingerprint density at radius 1 is 1.16 bits per heavy atom. The molecule has 0 spiro atoms. The van der Waals surface area contributed by atoms with Crippen LogP contribution in [0.3, 0.4) is 0 Å². The largest absolute Gasteiger partial charge is 0.229 e. The monoisotopic (exact) mass is 410 g/mol. The molecule has 0 fully saturated rings. The highest BCUT2D eigenvalue weighted by Crippen LogP contribution is 2.35. The van der Waals surface area contributed by atoms with Gasteiger partial charge in [-0.05, 0) is 30.9 Å². The summed E-state index contributed by atoms with van der Waals surface area (Å²) < 4.78 is 22.5. The maximum atomic E-state index is 11.3. The lowest BCUT2D eigenvalue weighted by molar-refractivity contribution is 0.493. The summed E-state index contributed by atoms with van der Waals surface area (Å²) >= 11 is 7.21. The number of benzene rings is 1. The van der Waals surface area contributed by atoms with Crippen molar-refractivity contribution in [2.75, 3.05) is 22.7 Å². The van der Waals surface area contributed by atoms with Crippen molar-refractivity contribution in [1.82, 2.24) is 0 Å². The van der Waals surface area contributed by atoms with Crippen LogP contribution in [0.4, 0.5) is 0 Å². The van der Waals surface area contributed by atoms with Gasteiger partial charge in [0, 0.05) is 28.1 Å². The van der Waals surface area contributed by atoms with E-state index in [1.807, 2.05) is 12.1 Å². The average Bonchev–Trinajstić information content (AvgIpc) is 2.35. The van der Waals surface area contributed by atoms with Crippen molar-refractivity contribution in [2.45, 2.75) is 25.2 Å². The van der Waals surface area contributed by atoms with E-state index in [0.717, 1.165) is 17.1 Å². The minimum Gasteiger partial charge on any atom is -0.229 e. The van der Waals surface area contributed by atoms with Gasteiger partial charge in [0.25, 0.3) is 0 Å². The molecule has 0 aliphatic rings. The van der Waals surface area contributed by atoms with Gasteiger partial charge in [-0.15, -0.1) is 0 Å². The van der Waals surface area contributed by atoms with Gasteiger partial charge in [-0.3, -0.25) is 0 Å². The van der Waals surface area contributed by atoms with E-state index in [-0.39, 0.29) is 11.2 Å². The molecule has 0 aliphatic heterocycles. The molecule has 0 bridgehead atoms. The summed E-state index contributed by atoms with van der Waals surface area (Å²) in [6, 6.07) is 8.31. The van der Waals surface area contributed by atoms with Gasteiger partial charge in [-0.25, -0.2) is 8.42 Å². The Morgan fingerprint density at radius 3 is 2.21 bits per heavy atom. The van der Waals surface area contributed by atoms with E-state index >= 15 is 0 Å². The van der Waals surface area contributed by atoms with E-state index in [4.69, 9.17) is 0 Å². The third-order valence-corrected chi connectivity index (χ3v) is 6.58. The Kier molecular flexibility index (Phi) is 6.54. The first-order chi connectivity index (χ1) is 8.84. The fourth-order valence-electron chi connectivity index (χ4n) is 2.29. The highest BCUT2D eigenvalue weighted by Gasteiger charge is 2.31. The third-order valence-electron chi connectivity index (χ3n) is 3.40. The average molecular weight is 412 g/mol. The normalized spacial score (nSPS) is 12.6. The predicted octanol–water partition coefficient (Wildman–Crippen LogP) is 3.85. The van der Waals surface area contributed by atoms with Crippen LogP contribution in [0.5, 0.6) is 0 Å². The van der Waals surface area contributed by atoms with Crippen LogP contribution >= 0.6 is 31.9 Å². The molecule has 2 nitrogen and oxygen atoms in total. The molecule has 108 valence electrons. The van der Waals surface area contributed by atoms with E-state index in [9.17, 15) is 8.42 Å². The van der Waals surface area contributed by atoms with Crippen LogP contribution in [-0.2, 0) is 15.3 Å². The summed E-state index contributed by atoms with van der Waals surface area (Å²) in [6.45, 7) is 2.10. The summed E-state index contributed by atoms with van der Waals surface area (Å²) in [7, 11) is -2.89. The van der Waals surface area contributed by atoms with E-state index in [0.29, 0.717) is 6.42 Å². The van der Waals surface area contributed by atoms with Crippen LogP contribution in [0.15, 0.2) is 24.3 Å². The SMILES string of the molecule is Cc1ccccc1C(CBr)(CBr)CCCS(C)(=O)=O. The number of sulfone groups is 1. The molecule has 0 amide bonds. The van der Waals surface area contributed by atoms with Gasteiger partial charge in [0.1, 0.15) is 9.84 Å². The zero-order chi connectivity index (χ0) is 14.5. The lowest BCUT2D eigenvalue weighted by Gasteiger charge is -2.32. The number of hydrogen-bond donors (Lipinski definition) is 0. The Labute approximate surface area is 133 Å². The number of alkyl halides is 2. The first-order valence-corrected chi connectivity index (χ1v) is 10.5. The van der Waals surface area contributed by atoms with Crippen LogP contribution in [-0.4, -0.2) is 31.1 Å². The van der Waals surface area contributed by atoms with Gasteiger partial charge in [0.05, 0.1) is 0 Å². The molecule has 19 heavy (non-hydrogen) atoms. The number of aryl methyl sites for hydroxylation is 1. The first-order valence-electron chi connectivity index (χ1n) is 6.20. The number of hydrogen-bond acceptors (Lipinski definition) is 2. The highest BCUT2D eigenvalue weighted by atomic mass is 79.9. The van der Waals surface area contributed by atoms with Crippen molar-refractivity contribution in [3.8, 4) is 0 Å². The second-order valence-corrected chi connectivity index (χ2v) is 8.48. The third kappa shape index (κ3) is 4.87. The quantitative estimate of drug-likeness (QED) is 0.638. The fraction of sp³-hybridized carbons (Fsp3) is 0.571. The summed E-state index contributed by atoms with van der Waals surface area (Å²) in [4.78, 5) is 0. The minimum atomic E-state index is -2.89. The molecule has 0 heterocycles. The molecule has 1 aromatic carbocycles. The molecule has 0 aliphatic carbocycles. The molecular weight excluding hydrogens is 392 g/mol. The molecule has 0 saturated heterocycles. The van der Waals surface area contributed by atoms with Crippen LogP contribution in [0.1, 0.15) is 24.0 Å². The van der Waals surface area contributed by atoms with Gasteiger partial charge in [0.2, 0.25) is 0 Å². The van der Waals surface area contributed by atoms with E-state index in [1.165, 1.54) is 17.4 Å². The van der Waals surface area contributed by atoms with Gasteiger partial charge in [0.15, 0.2) is 0 Å². The van der Waals surface area contributed by atoms with Crippen molar-refractivity contribution >= 4 is 41.7 Å². The smallest absolute Gasteiger partial charge is 0.147 e. The predicted molar refractivity (Wildman–Crippen MR) is 89.4 cm³/mol. The standard InChI is InChI=1S/C14H20Br2O2S/c1-12-6-3-4-7-13(12)14(10-15,11-16)8-5-9-19(2,17)18/h3-4,6-7H,5,8-11H2,1-2H3. The summed E-state index contributed by atoms with van der Waals surface area (Å²) in [5, 5.41) is 1.64. The molecule has 1 aromatic rings. The molecular formula is C14H20Br2O2S. The topological polar surface area (TPSA) is 34.1 Å². The Morgan fingerprint density at radius 2 is 1.74 bits per heavy atom. The fourth-order valence-corrected chi connectivity index (χ4v) is 5.05. The van der Waals surface area contributed by atoms with Gasteiger partial charge in [-0.2, -0.15) is 0 Å². The molecule has 1 rings (SSSR count). The summed E-state index contributed by atoms with van der Waals surface area (Å²) in [5.74, 6) is 0.251. The van der Waals surface area contributed by atoms with Crippen molar-refractivity contribution < 1.29 is 8.42 Å². The molecule has 0 N–H and O–H groups in total. The molecule has 0 saturated carbocycles. The van der Waals surface area contributed by atoms with Crippen LogP contribution in [0.25, 0.3) is 0 Å². The molecule has 5 heteroatoms. The number of halogens is 2. The van der Waals surface area contributed by atoms with E-state index < -0.39 is 9.84 Å². The molecule has 0 aromatic heterocycles. The Balaban J connectivity index is 2.95. The Hall–Kier alpha value is 0.130. The van der Waals surface area contributed by atoms with Gasteiger partial charge < -0.3 is 0 Å². The molecule has 0 unspecified atom stereocenters. The zero-order valence-corrected chi connectivity index (χ0v) is 15.3. The summed E-state index contributed by atoms with van der Waals surface area (Å²) in [6.07, 6.45) is 2.83. The maximum absolute atomic E-state index is 11.3. The number of rotatable bonds is 7. The van der Waals surface area contributed by atoms with Crippen molar-refractivity contribution in [2.24, 2.45) is 0 Å². The molecule has 0 radical (unpaired) electrons. The van der Waals surface area contributed by atoms with Crippen molar-refractivity contribution in [3.63, 3.8) is 0 Å². The highest BCUT2D eigenvalue weighted by molar-refractivity contribution is 9.09. The van der Waals surface area contributed by atoms with Crippen LogP contribution in [0, 0.1) is 6.92 Å². The lowest BCUT2D eigenvalue weighted by Crippen LogP contribution is -2.31. The van der Waals surface area contributed by atoms with Crippen molar-refractivity contribution in [3.05, 3.63) is 35.4 Å². The Bertz CT molecular complexity index is 508. The lowest BCUT2D eigenvalue weighted by atomic mass is 9.78. The van der Waals surface area contributed by atoms with E-state index in [1.54, 1.807) is 0 Å². The summed E-state index contributed by atoms with van der Waals surface area (Å²) in [5.41, 5.74) is 2.49. The minimum absolute atomic E-state index is 0.0456. The second kappa shape index (κ2) is 7.23. The van der Waals surface area contributed by atoms with Crippen LogP contribution in [0.2, 0.25) is 0 Å². The molecule has 0 atom stereocenters. The van der Waals surface area contributed by atoms with Crippen LogP contribution < -0.4 is 0 Å². The van der Waals surface area contributed by atoms with Gasteiger partial charge in [-0.1, -0.05) is 56.1 Å².